The van der Waals surface area contributed by atoms with Gasteiger partial charge in [0.25, 0.3) is 0 Å². The molecule has 0 spiro atoms. The van der Waals surface area contributed by atoms with Gasteiger partial charge in [0, 0.05) is 12.6 Å². The maximum atomic E-state index is 10.6. The Balaban J connectivity index is 2.79. The summed E-state index contributed by atoms with van der Waals surface area (Å²) in [6, 6.07) is 1.68. The number of nitrogen functional groups attached to an aromatic ring is 1. The highest BCUT2D eigenvalue weighted by atomic mass is 16.1. The van der Waals surface area contributed by atoms with E-state index in [1.165, 1.54) is 6.92 Å². The van der Waals surface area contributed by atoms with Crippen molar-refractivity contribution in [3.8, 4) is 0 Å². The van der Waals surface area contributed by atoms with Crippen LogP contribution in [0.15, 0.2) is 12.3 Å². The number of aromatic nitrogens is 2. The van der Waals surface area contributed by atoms with Gasteiger partial charge in [0.2, 0.25) is 5.95 Å². The Labute approximate surface area is 64.5 Å². The van der Waals surface area contributed by atoms with Crippen molar-refractivity contribution in [3.63, 3.8) is 0 Å². The first-order chi connectivity index (χ1) is 5.18. The summed E-state index contributed by atoms with van der Waals surface area (Å²) in [7, 11) is 0. The summed E-state index contributed by atoms with van der Waals surface area (Å²) in [4.78, 5) is 18.2. The van der Waals surface area contributed by atoms with Gasteiger partial charge in [-0.2, -0.15) is 0 Å². The average Bonchev–Trinajstić information content (AvgIpc) is 1.85. The van der Waals surface area contributed by atoms with E-state index in [2.05, 4.69) is 9.97 Å². The quantitative estimate of drug-likeness (QED) is 0.655. The highest BCUT2D eigenvalue weighted by Gasteiger charge is 1.98. The fourth-order valence-corrected chi connectivity index (χ4v) is 0.766. The van der Waals surface area contributed by atoms with Gasteiger partial charge in [0.05, 0.1) is 5.69 Å². The fourth-order valence-electron chi connectivity index (χ4n) is 0.766. The number of anilines is 1. The monoisotopic (exact) mass is 151 g/mol. The number of nitrogens with zero attached hydrogens (tertiary/aromatic N) is 2. The number of hydrogen-bond donors (Lipinski definition) is 1. The van der Waals surface area contributed by atoms with E-state index in [9.17, 15) is 4.79 Å². The van der Waals surface area contributed by atoms with E-state index >= 15 is 0 Å². The van der Waals surface area contributed by atoms with Crippen LogP contribution >= 0.6 is 0 Å². The van der Waals surface area contributed by atoms with Crippen LogP contribution in [0.3, 0.4) is 0 Å². The van der Waals surface area contributed by atoms with Crippen molar-refractivity contribution in [3.05, 3.63) is 18.0 Å². The summed E-state index contributed by atoms with van der Waals surface area (Å²) in [5, 5.41) is 0. The van der Waals surface area contributed by atoms with Gasteiger partial charge in [-0.3, -0.25) is 4.79 Å². The number of Topliss-reactive ketones (excluding diaryl/α,β-unsaturated/α-hetero) is 1. The van der Waals surface area contributed by atoms with Crippen molar-refractivity contribution in [1.82, 2.24) is 9.97 Å². The normalized spacial score (nSPS) is 9.55. The molecule has 4 nitrogen and oxygen atoms in total. The van der Waals surface area contributed by atoms with Crippen molar-refractivity contribution in [2.75, 3.05) is 5.73 Å². The first kappa shape index (κ1) is 7.65. The summed E-state index contributed by atoms with van der Waals surface area (Å²) in [5.74, 6) is 0.284. The molecule has 0 amide bonds. The molecule has 0 aliphatic heterocycles. The molecule has 0 fully saturated rings. The third kappa shape index (κ3) is 2.33. The molecule has 0 saturated carbocycles. The number of nitrogens with two attached hydrogens (primary N) is 1. The van der Waals surface area contributed by atoms with E-state index in [0.717, 1.165) is 0 Å². The summed E-state index contributed by atoms with van der Waals surface area (Å²) < 4.78 is 0. The van der Waals surface area contributed by atoms with Crippen molar-refractivity contribution in [1.29, 1.82) is 0 Å². The number of hydrogen-bond acceptors (Lipinski definition) is 4. The molecule has 0 aliphatic carbocycles. The van der Waals surface area contributed by atoms with Crippen LogP contribution in [0.5, 0.6) is 0 Å². The molecule has 0 atom stereocenters. The van der Waals surface area contributed by atoms with Gasteiger partial charge in [-0.25, -0.2) is 9.97 Å². The van der Waals surface area contributed by atoms with Gasteiger partial charge in [0.1, 0.15) is 5.78 Å². The van der Waals surface area contributed by atoms with Crippen LogP contribution in [-0.2, 0) is 11.2 Å². The first-order valence-corrected chi connectivity index (χ1v) is 3.25. The Morgan fingerprint density at radius 2 is 2.45 bits per heavy atom. The topological polar surface area (TPSA) is 68.9 Å². The molecule has 1 aromatic heterocycles. The standard InChI is InChI=1S/C7H9N3O/c1-5(11)4-6-2-3-9-7(8)10-6/h2-3H,4H2,1H3,(H2,8,9,10). The van der Waals surface area contributed by atoms with Crippen LogP contribution in [0.2, 0.25) is 0 Å². The van der Waals surface area contributed by atoms with Crippen molar-refractivity contribution >= 4 is 11.7 Å². The van der Waals surface area contributed by atoms with Crippen molar-refractivity contribution < 1.29 is 4.79 Å². The van der Waals surface area contributed by atoms with Crippen LogP contribution in [0.25, 0.3) is 0 Å². The zero-order valence-corrected chi connectivity index (χ0v) is 6.24. The summed E-state index contributed by atoms with van der Waals surface area (Å²) >= 11 is 0. The number of carbonyl (C=O) groups is 1. The summed E-state index contributed by atoms with van der Waals surface area (Å²) in [6.45, 7) is 1.51. The second kappa shape index (κ2) is 3.09. The highest BCUT2D eigenvalue weighted by molar-refractivity contribution is 5.77. The minimum Gasteiger partial charge on any atom is -0.368 e. The number of ketones is 1. The zero-order chi connectivity index (χ0) is 8.27. The second-order valence-electron chi connectivity index (χ2n) is 2.28. The Morgan fingerprint density at radius 3 is 3.00 bits per heavy atom. The lowest BCUT2D eigenvalue weighted by Gasteiger charge is -1.95. The maximum Gasteiger partial charge on any atom is 0.220 e. The molecule has 0 bridgehead atoms. The third-order valence-electron chi connectivity index (χ3n) is 1.16. The SMILES string of the molecule is CC(=O)Cc1ccnc(N)n1. The summed E-state index contributed by atoms with van der Waals surface area (Å²) in [5.41, 5.74) is 5.97. The number of rotatable bonds is 2. The Kier molecular flexibility index (Phi) is 2.15. The molecule has 1 aromatic rings. The molecule has 1 heterocycles. The van der Waals surface area contributed by atoms with Gasteiger partial charge in [-0.1, -0.05) is 0 Å². The van der Waals surface area contributed by atoms with Crippen molar-refractivity contribution in [2.45, 2.75) is 13.3 Å². The lowest BCUT2D eigenvalue weighted by Crippen LogP contribution is -2.02. The molecule has 58 valence electrons. The molecule has 11 heavy (non-hydrogen) atoms. The van der Waals surface area contributed by atoms with Crippen LogP contribution < -0.4 is 5.73 Å². The largest absolute Gasteiger partial charge is 0.368 e. The Hall–Kier alpha value is -1.45. The van der Waals surface area contributed by atoms with Gasteiger partial charge in [0.15, 0.2) is 0 Å². The molecule has 4 heteroatoms. The number of carbonyl (C=O) groups excluding carboxylic acids is 1. The molecule has 0 aromatic carbocycles. The molecule has 0 radical (unpaired) electrons. The van der Waals surface area contributed by atoms with Crippen LogP contribution in [0.4, 0.5) is 5.95 Å². The first-order valence-electron chi connectivity index (χ1n) is 3.25. The predicted octanol–water partition coefficient (Wildman–Crippen LogP) is 0.190. The van der Waals surface area contributed by atoms with E-state index in [1.807, 2.05) is 0 Å². The Bertz CT molecular complexity index is 272. The lowest BCUT2D eigenvalue weighted by atomic mass is 10.2. The van der Waals surface area contributed by atoms with Crippen molar-refractivity contribution in [2.24, 2.45) is 0 Å². The van der Waals surface area contributed by atoms with Crippen LogP contribution in [0.1, 0.15) is 12.6 Å². The molecular formula is C7H9N3O. The third-order valence-corrected chi connectivity index (χ3v) is 1.16. The van der Waals surface area contributed by atoms with E-state index in [-0.39, 0.29) is 11.7 Å². The van der Waals surface area contributed by atoms with E-state index < -0.39 is 0 Å². The molecule has 0 saturated heterocycles. The fraction of sp³-hybridized carbons (Fsp3) is 0.286. The van der Waals surface area contributed by atoms with E-state index in [1.54, 1.807) is 12.3 Å². The molecule has 0 aliphatic rings. The zero-order valence-electron chi connectivity index (χ0n) is 6.24. The van der Waals surface area contributed by atoms with Gasteiger partial charge in [-0.05, 0) is 13.0 Å². The second-order valence-corrected chi connectivity index (χ2v) is 2.28. The van der Waals surface area contributed by atoms with Gasteiger partial charge < -0.3 is 5.73 Å². The Morgan fingerprint density at radius 1 is 1.73 bits per heavy atom. The van der Waals surface area contributed by atoms with Gasteiger partial charge >= 0.3 is 0 Å². The highest BCUT2D eigenvalue weighted by Crippen LogP contribution is 1.97. The van der Waals surface area contributed by atoms with E-state index in [4.69, 9.17) is 5.73 Å². The predicted molar refractivity (Wildman–Crippen MR) is 40.8 cm³/mol. The molecular weight excluding hydrogens is 142 g/mol. The van der Waals surface area contributed by atoms with Gasteiger partial charge in [-0.15, -0.1) is 0 Å². The smallest absolute Gasteiger partial charge is 0.220 e. The molecule has 1 rings (SSSR count). The molecule has 2 N–H and O–H groups in total. The minimum absolute atomic E-state index is 0.0723. The molecule has 0 unspecified atom stereocenters. The summed E-state index contributed by atoms with van der Waals surface area (Å²) in [6.07, 6.45) is 1.87. The average molecular weight is 151 g/mol. The minimum atomic E-state index is 0.0723. The van der Waals surface area contributed by atoms with Crippen LogP contribution in [-0.4, -0.2) is 15.8 Å². The maximum absolute atomic E-state index is 10.6. The van der Waals surface area contributed by atoms with Crippen LogP contribution in [0, 0.1) is 0 Å². The lowest BCUT2D eigenvalue weighted by molar-refractivity contribution is -0.116. The van der Waals surface area contributed by atoms with E-state index in [0.29, 0.717) is 12.1 Å².